The Balaban J connectivity index is 3.15. The van der Waals surface area contributed by atoms with Crippen LogP contribution in [0.15, 0.2) is 0 Å². The second-order valence-electron chi connectivity index (χ2n) is 2.18. The van der Waals surface area contributed by atoms with E-state index in [9.17, 15) is 0 Å². The molecule has 1 atom stereocenters. The van der Waals surface area contributed by atoms with Gasteiger partial charge in [-0.3, -0.25) is 0 Å². The molecule has 1 aromatic heterocycles. The van der Waals surface area contributed by atoms with Gasteiger partial charge in [0.2, 0.25) is 0 Å². The van der Waals surface area contributed by atoms with Crippen LogP contribution in [-0.2, 0) is 0 Å². The van der Waals surface area contributed by atoms with Crippen molar-refractivity contribution >= 4 is 23.6 Å². The molecule has 10 heavy (non-hydrogen) atoms. The molecule has 2 nitrogen and oxygen atoms in total. The molecule has 4 heteroatoms. The Bertz CT molecular complexity index is 274. The zero-order chi connectivity index (χ0) is 7.72. The van der Waals surface area contributed by atoms with Gasteiger partial charge < -0.3 is 10.1 Å². The maximum atomic E-state index is 9.16. The zero-order valence-corrected chi connectivity index (χ0v) is 7.47. The largest absolute Gasteiger partial charge is 0.388 e. The lowest BCUT2D eigenvalue weighted by atomic mass is 10.3. The van der Waals surface area contributed by atoms with Crippen molar-refractivity contribution in [2.24, 2.45) is 0 Å². The highest BCUT2D eigenvalue weighted by atomic mass is 32.1. The molecule has 0 aliphatic heterocycles. The summed E-state index contributed by atoms with van der Waals surface area (Å²) < 4.78 is 0.730. The summed E-state index contributed by atoms with van der Waals surface area (Å²) in [4.78, 5) is 3.90. The van der Waals surface area contributed by atoms with E-state index < -0.39 is 6.10 Å². The van der Waals surface area contributed by atoms with Gasteiger partial charge in [-0.2, -0.15) is 0 Å². The van der Waals surface area contributed by atoms with Crippen LogP contribution >= 0.6 is 23.6 Å². The van der Waals surface area contributed by atoms with E-state index in [0.717, 1.165) is 14.5 Å². The molecular formula is C6H9NOS2. The molecule has 0 aliphatic rings. The molecule has 0 saturated carbocycles. The van der Waals surface area contributed by atoms with Crippen LogP contribution in [0.2, 0.25) is 0 Å². The molecule has 1 rings (SSSR count). The maximum Gasteiger partial charge on any atom is 0.158 e. The van der Waals surface area contributed by atoms with Crippen LogP contribution in [-0.4, -0.2) is 10.1 Å². The first-order chi connectivity index (χ1) is 4.61. The number of aryl methyl sites for hydroxylation is 1. The van der Waals surface area contributed by atoms with Gasteiger partial charge in [-0.15, -0.1) is 11.3 Å². The molecule has 56 valence electrons. The molecule has 1 aromatic rings. The van der Waals surface area contributed by atoms with Crippen molar-refractivity contribution < 1.29 is 5.11 Å². The average Bonchev–Trinajstić information content (AvgIpc) is 2.10. The summed E-state index contributed by atoms with van der Waals surface area (Å²) in [6.45, 7) is 3.65. The summed E-state index contributed by atoms with van der Waals surface area (Å²) >= 11 is 6.32. The molecule has 0 aliphatic carbocycles. The first-order valence-electron chi connectivity index (χ1n) is 2.99. The standard InChI is InChI=1S/C6H9NOS2/c1-3-5(4(2)8)10-6(9)7-3/h4,8H,1-2H3,(H,7,9). The molecular weight excluding hydrogens is 166 g/mol. The SMILES string of the molecule is Cc1[nH]c(=S)sc1C(C)O. The van der Waals surface area contributed by atoms with Crippen molar-refractivity contribution in [2.45, 2.75) is 20.0 Å². The number of aliphatic hydroxyl groups excluding tert-OH is 1. The molecule has 2 N–H and O–H groups in total. The summed E-state index contributed by atoms with van der Waals surface area (Å²) in [5.41, 5.74) is 0.977. The van der Waals surface area contributed by atoms with Gasteiger partial charge in [0, 0.05) is 5.69 Å². The van der Waals surface area contributed by atoms with Crippen LogP contribution in [0.4, 0.5) is 0 Å². The minimum atomic E-state index is -0.405. The van der Waals surface area contributed by atoms with Gasteiger partial charge in [-0.05, 0) is 26.1 Å². The quantitative estimate of drug-likeness (QED) is 0.642. The van der Waals surface area contributed by atoms with Crippen LogP contribution in [0.3, 0.4) is 0 Å². The Morgan fingerprint density at radius 1 is 1.70 bits per heavy atom. The predicted molar refractivity (Wildman–Crippen MR) is 44.9 cm³/mol. The van der Waals surface area contributed by atoms with Crippen molar-refractivity contribution in [3.8, 4) is 0 Å². The van der Waals surface area contributed by atoms with Crippen molar-refractivity contribution in [2.75, 3.05) is 0 Å². The van der Waals surface area contributed by atoms with E-state index in [0.29, 0.717) is 0 Å². The normalized spacial score (nSPS) is 13.5. The Morgan fingerprint density at radius 2 is 2.30 bits per heavy atom. The van der Waals surface area contributed by atoms with E-state index in [-0.39, 0.29) is 0 Å². The van der Waals surface area contributed by atoms with Gasteiger partial charge in [0.15, 0.2) is 3.95 Å². The van der Waals surface area contributed by atoms with E-state index in [1.807, 2.05) is 6.92 Å². The lowest BCUT2D eigenvalue weighted by molar-refractivity contribution is 0.202. The van der Waals surface area contributed by atoms with Crippen LogP contribution in [0.1, 0.15) is 23.6 Å². The van der Waals surface area contributed by atoms with Crippen molar-refractivity contribution in [3.05, 3.63) is 14.5 Å². The number of aliphatic hydroxyl groups is 1. The number of thiazole rings is 1. The van der Waals surface area contributed by atoms with Gasteiger partial charge in [0.1, 0.15) is 0 Å². The van der Waals surface area contributed by atoms with Gasteiger partial charge >= 0.3 is 0 Å². The molecule has 0 amide bonds. The summed E-state index contributed by atoms with van der Waals surface area (Å²) in [7, 11) is 0. The highest BCUT2D eigenvalue weighted by Crippen LogP contribution is 2.21. The number of nitrogens with one attached hydrogen (secondary N) is 1. The Hall–Kier alpha value is -0.190. The van der Waals surface area contributed by atoms with Crippen LogP contribution < -0.4 is 0 Å². The first kappa shape index (κ1) is 7.91. The lowest BCUT2D eigenvalue weighted by Gasteiger charge is -1.98. The summed E-state index contributed by atoms with van der Waals surface area (Å²) in [6, 6.07) is 0. The second-order valence-corrected chi connectivity index (χ2v) is 3.90. The monoisotopic (exact) mass is 175 g/mol. The number of aromatic amines is 1. The van der Waals surface area contributed by atoms with E-state index in [2.05, 4.69) is 4.98 Å². The topological polar surface area (TPSA) is 36.0 Å². The third kappa shape index (κ3) is 1.45. The molecule has 0 spiro atoms. The van der Waals surface area contributed by atoms with E-state index >= 15 is 0 Å². The van der Waals surface area contributed by atoms with E-state index in [1.165, 1.54) is 11.3 Å². The van der Waals surface area contributed by atoms with E-state index in [1.54, 1.807) is 6.92 Å². The summed E-state index contributed by atoms with van der Waals surface area (Å²) in [5.74, 6) is 0. The zero-order valence-electron chi connectivity index (χ0n) is 5.84. The van der Waals surface area contributed by atoms with Crippen molar-refractivity contribution in [1.82, 2.24) is 4.98 Å². The predicted octanol–water partition coefficient (Wildman–Crippen LogP) is 2.17. The fourth-order valence-electron chi connectivity index (χ4n) is 0.815. The maximum absolute atomic E-state index is 9.16. The fraction of sp³-hybridized carbons (Fsp3) is 0.500. The van der Waals surface area contributed by atoms with Gasteiger partial charge in [0.25, 0.3) is 0 Å². The Kier molecular flexibility index (Phi) is 2.23. The van der Waals surface area contributed by atoms with Crippen LogP contribution in [0, 0.1) is 10.9 Å². The van der Waals surface area contributed by atoms with Crippen LogP contribution in [0.25, 0.3) is 0 Å². The minimum absolute atomic E-state index is 0.405. The third-order valence-electron chi connectivity index (χ3n) is 1.24. The van der Waals surface area contributed by atoms with Crippen molar-refractivity contribution in [3.63, 3.8) is 0 Å². The molecule has 1 unspecified atom stereocenters. The molecule has 0 saturated heterocycles. The van der Waals surface area contributed by atoms with Gasteiger partial charge in [0.05, 0.1) is 11.0 Å². The lowest BCUT2D eigenvalue weighted by Crippen LogP contribution is -1.88. The number of aromatic nitrogens is 1. The molecule has 1 heterocycles. The molecule has 0 aromatic carbocycles. The highest BCUT2D eigenvalue weighted by molar-refractivity contribution is 7.73. The van der Waals surface area contributed by atoms with Gasteiger partial charge in [-0.1, -0.05) is 0 Å². The minimum Gasteiger partial charge on any atom is -0.388 e. The average molecular weight is 175 g/mol. The first-order valence-corrected chi connectivity index (χ1v) is 4.21. The number of rotatable bonds is 1. The van der Waals surface area contributed by atoms with Crippen LogP contribution in [0.5, 0.6) is 0 Å². The smallest absolute Gasteiger partial charge is 0.158 e. The third-order valence-corrected chi connectivity index (χ3v) is 2.75. The number of hydrogen-bond donors (Lipinski definition) is 2. The molecule has 0 radical (unpaired) electrons. The summed E-state index contributed by atoms with van der Waals surface area (Å²) in [6.07, 6.45) is -0.405. The Labute approximate surface area is 68.5 Å². The highest BCUT2D eigenvalue weighted by Gasteiger charge is 2.06. The molecule has 0 fully saturated rings. The van der Waals surface area contributed by atoms with E-state index in [4.69, 9.17) is 17.3 Å². The second kappa shape index (κ2) is 2.82. The van der Waals surface area contributed by atoms with Gasteiger partial charge in [-0.25, -0.2) is 0 Å². The van der Waals surface area contributed by atoms with Crippen molar-refractivity contribution in [1.29, 1.82) is 0 Å². The molecule has 0 bridgehead atoms. The summed E-state index contributed by atoms with van der Waals surface area (Å²) in [5, 5.41) is 9.16. The fourth-order valence-corrected chi connectivity index (χ4v) is 2.02. The Morgan fingerprint density at radius 3 is 2.50 bits per heavy atom. The number of hydrogen-bond acceptors (Lipinski definition) is 3. The number of H-pyrrole nitrogens is 1.